The Hall–Kier alpha value is -0.630. The molecule has 8 heteroatoms. The lowest BCUT2D eigenvalue weighted by Gasteiger charge is -2.09. The maximum absolute atomic E-state index is 12.2. The minimum atomic E-state index is -3.71. The van der Waals surface area contributed by atoms with Gasteiger partial charge in [0.1, 0.15) is 0 Å². The Morgan fingerprint density at radius 1 is 1.16 bits per heavy atom. The van der Waals surface area contributed by atoms with Gasteiger partial charge in [-0.2, -0.15) is 0 Å². The summed E-state index contributed by atoms with van der Waals surface area (Å²) in [5.74, 6) is 0.230. The van der Waals surface area contributed by atoms with Gasteiger partial charge in [0.25, 0.3) is 10.0 Å². The molecule has 4 nitrogen and oxygen atoms in total. The van der Waals surface area contributed by atoms with E-state index in [1.807, 2.05) is 0 Å². The largest absolute Gasteiger partial charge is 0.263 e. The molecule has 0 saturated carbocycles. The molecule has 0 radical (unpaired) electrons. The Morgan fingerprint density at radius 2 is 1.89 bits per heavy atom. The lowest BCUT2D eigenvalue weighted by atomic mass is 10.4. The number of benzene rings is 1. The van der Waals surface area contributed by atoms with Crippen molar-refractivity contribution < 1.29 is 8.42 Å². The lowest BCUT2D eigenvalue weighted by molar-refractivity contribution is 0.601. The molecule has 1 heterocycles. The highest BCUT2D eigenvalue weighted by Crippen LogP contribution is 2.27. The van der Waals surface area contributed by atoms with Crippen molar-refractivity contribution >= 4 is 59.3 Å². The fourth-order valence-electron chi connectivity index (χ4n) is 1.29. The molecule has 0 saturated heterocycles. The van der Waals surface area contributed by atoms with Crippen LogP contribution in [-0.4, -0.2) is 13.4 Å². The van der Waals surface area contributed by atoms with Crippen LogP contribution in [0.25, 0.3) is 0 Å². The van der Waals surface area contributed by atoms with Crippen molar-refractivity contribution in [3.8, 4) is 0 Å². The Morgan fingerprint density at radius 3 is 2.53 bits per heavy atom. The quantitative estimate of drug-likeness (QED) is 0.805. The maximum Gasteiger partial charge on any atom is 0.263 e. The van der Waals surface area contributed by atoms with Crippen LogP contribution in [-0.2, 0) is 10.0 Å². The highest BCUT2D eigenvalue weighted by molar-refractivity contribution is 9.11. The number of sulfonamides is 1. The fraction of sp³-hybridized carbons (Fsp3) is 0. The number of nitrogens with one attached hydrogen (secondary N) is 1. The molecule has 0 aliphatic rings. The van der Waals surface area contributed by atoms with E-state index in [0.717, 1.165) is 0 Å². The monoisotopic (exact) mass is 424 g/mol. The molecule has 2 rings (SSSR count). The smallest absolute Gasteiger partial charge is 0.262 e. The van der Waals surface area contributed by atoms with Crippen LogP contribution in [0.4, 0.5) is 5.82 Å². The summed E-state index contributed by atoms with van der Waals surface area (Å²) in [4.78, 5) is 4.05. The topological polar surface area (TPSA) is 59.1 Å². The number of nitrogens with zero attached hydrogens (tertiary/aromatic N) is 1. The summed E-state index contributed by atoms with van der Waals surface area (Å²) in [5.41, 5.74) is 0. The Bertz CT molecular complexity index is 722. The van der Waals surface area contributed by atoms with E-state index in [1.54, 1.807) is 12.1 Å². The van der Waals surface area contributed by atoms with E-state index < -0.39 is 10.0 Å². The summed E-state index contributed by atoms with van der Waals surface area (Å²) in [5, 5.41) is 0.443. The van der Waals surface area contributed by atoms with Crippen molar-refractivity contribution in [2.24, 2.45) is 0 Å². The van der Waals surface area contributed by atoms with Crippen LogP contribution >= 0.6 is 43.5 Å². The van der Waals surface area contributed by atoms with Gasteiger partial charge in [0, 0.05) is 10.7 Å². The van der Waals surface area contributed by atoms with Crippen LogP contribution in [0.2, 0.25) is 5.02 Å². The molecular weight excluding hydrogens is 419 g/mol. The van der Waals surface area contributed by atoms with E-state index in [2.05, 4.69) is 41.6 Å². The molecule has 2 aromatic rings. The average Bonchev–Trinajstić information content (AvgIpc) is 2.35. The SMILES string of the molecule is O=S(=O)(Nc1ncccc1Br)c1ccc(Cl)c(Br)c1. The van der Waals surface area contributed by atoms with Crippen molar-refractivity contribution in [3.63, 3.8) is 0 Å². The molecule has 100 valence electrons. The molecule has 0 spiro atoms. The van der Waals surface area contributed by atoms with E-state index in [9.17, 15) is 8.42 Å². The van der Waals surface area contributed by atoms with Gasteiger partial charge in [0.2, 0.25) is 0 Å². The number of hydrogen-bond acceptors (Lipinski definition) is 3. The molecule has 0 bridgehead atoms. The van der Waals surface area contributed by atoms with Gasteiger partial charge in [-0.15, -0.1) is 0 Å². The van der Waals surface area contributed by atoms with Gasteiger partial charge in [-0.05, 0) is 62.2 Å². The predicted octanol–water partition coefficient (Wildman–Crippen LogP) is 4.06. The van der Waals surface area contributed by atoms with E-state index in [1.165, 1.54) is 24.4 Å². The normalized spacial score (nSPS) is 11.3. The first-order valence-electron chi connectivity index (χ1n) is 4.98. The Kier molecular flexibility index (Phi) is 4.50. The standard InChI is InChI=1S/C11H7Br2ClN2O2S/c12-8-2-1-5-15-11(8)16-19(17,18)7-3-4-10(14)9(13)6-7/h1-6H,(H,15,16). The maximum atomic E-state index is 12.2. The zero-order valence-electron chi connectivity index (χ0n) is 9.27. The lowest BCUT2D eigenvalue weighted by Crippen LogP contribution is -2.14. The minimum Gasteiger partial charge on any atom is -0.262 e. The third kappa shape index (κ3) is 3.47. The summed E-state index contributed by atoms with van der Waals surface area (Å²) >= 11 is 12.3. The van der Waals surface area contributed by atoms with Gasteiger partial charge in [-0.3, -0.25) is 4.72 Å². The van der Waals surface area contributed by atoms with Gasteiger partial charge in [0.05, 0.1) is 14.4 Å². The number of pyridine rings is 1. The fourth-order valence-corrected chi connectivity index (χ4v) is 3.48. The van der Waals surface area contributed by atoms with Crippen LogP contribution < -0.4 is 4.72 Å². The number of aromatic nitrogens is 1. The first-order valence-corrected chi connectivity index (χ1v) is 8.43. The van der Waals surface area contributed by atoms with Gasteiger partial charge < -0.3 is 0 Å². The summed E-state index contributed by atoms with van der Waals surface area (Å²) in [6, 6.07) is 7.75. The molecule has 0 unspecified atom stereocenters. The highest BCUT2D eigenvalue weighted by atomic mass is 79.9. The second-order valence-corrected chi connectivity index (χ2v) is 7.31. The molecule has 0 atom stereocenters. The van der Waals surface area contributed by atoms with Gasteiger partial charge in [0.15, 0.2) is 5.82 Å². The van der Waals surface area contributed by atoms with Crippen molar-refractivity contribution in [1.29, 1.82) is 0 Å². The molecule has 0 aliphatic carbocycles. The van der Waals surface area contributed by atoms with Crippen LogP contribution in [0.15, 0.2) is 50.4 Å². The Balaban J connectivity index is 2.38. The molecule has 19 heavy (non-hydrogen) atoms. The number of rotatable bonds is 3. The number of hydrogen-bond donors (Lipinski definition) is 1. The molecular formula is C11H7Br2ClN2O2S. The van der Waals surface area contributed by atoms with Crippen molar-refractivity contribution in [3.05, 3.63) is 50.5 Å². The van der Waals surface area contributed by atoms with Crippen molar-refractivity contribution in [1.82, 2.24) is 4.98 Å². The van der Waals surface area contributed by atoms with Gasteiger partial charge >= 0.3 is 0 Å². The zero-order chi connectivity index (χ0) is 14.0. The molecule has 0 fully saturated rings. The zero-order valence-corrected chi connectivity index (χ0v) is 14.0. The third-order valence-electron chi connectivity index (χ3n) is 2.19. The molecule has 0 amide bonds. The molecule has 1 aromatic carbocycles. The first kappa shape index (κ1) is 14.8. The van der Waals surface area contributed by atoms with Crippen LogP contribution in [0.1, 0.15) is 0 Å². The van der Waals surface area contributed by atoms with Crippen LogP contribution in [0.5, 0.6) is 0 Å². The van der Waals surface area contributed by atoms with Crippen molar-refractivity contribution in [2.45, 2.75) is 4.90 Å². The Labute approximate surface area is 132 Å². The predicted molar refractivity (Wildman–Crippen MR) is 81.9 cm³/mol. The second-order valence-electron chi connectivity index (χ2n) is 3.52. The second kappa shape index (κ2) is 5.78. The molecule has 0 aliphatic heterocycles. The number of halogens is 3. The number of anilines is 1. The summed E-state index contributed by atoms with van der Waals surface area (Å²) in [6.45, 7) is 0. The van der Waals surface area contributed by atoms with Crippen LogP contribution in [0.3, 0.4) is 0 Å². The van der Waals surface area contributed by atoms with E-state index in [-0.39, 0.29) is 10.7 Å². The van der Waals surface area contributed by atoms with Crippen LogP contribution in [0, 0.1) is 0 Å². The van der Waals surface area contributed by atoms with E-state index in [4.69, 9.17) is 11.6 Å². The van der Waals surface area contributed by atoms with E-state index >= 15 is 0 Å². The van der Waals surface area contributed by atoms with Gasteiger partial charge in [-0.25, -0.2) is 13.4 Å². The summed E-state index contributed by atoms with van der Waals surface area (Å²) in [6.07, 6.45) is 1.50. The summed E-state index contributed by atoms with van der Waals surface area (Å²) in [7, 11) is -3.71. The third-order valence-corrected chi connectivity index (χ3v) is 5.38. The average molecular weight is 427 g/mol. The summed E-state index contributed by atoms with van der Waals surface area (Å²) < 4.78 is 27.8. The molecule has 1 aromatic heterocycles. The van der Waals surface area contributed by atoms with E-state index in [0.29, 0.717) is 14.0 Å². The highest BCUT2D eigenvalue weighted by Gasteiger charge is 2.17. The molecule has 1 N–H and O–H groups in total. The van der Waals surface area contributed by atoms with Gasteiger partial charge in [-0.1, -0.05) is 11.6 Å². The van der Waals surface area contributed by atoms with Crippen molar-refractivity contribution in [2.75, 3.05) is 4.72 Å². The minimum absolute atomic E-state index is 0.0985. The first-order chi connectivity index (χ1) is 8.90.